The summed E-state index contributed by atoms with van der Waals surface area (Å²) >= 11 is 5.92. The molecule has 3 N–H and O–H groups in total. The normalized spacial score (nSPS) is 27.2. The highest BCUT2D eigenvalue weighted by atomic mass is 35.5. The summed E-state index contributed by atoms with van der Waals surface area (Å²) in [5, 5.41) is 23.9. The number of halogens is 2. The number of ether oxygens (including phenoxy) is 1. The average molecular weight is 472 g/mol. The number of piperidine rings is 1. The zero-order valence-electron chi connectivity index (χ0n) is 18.6. The van der Waals surface area contributed by atoms with E-state index in [1.165, 1.54) is 17.0 Å². The second kappa shape index (κ2) is 9.80. The second-order valence-corrected chi connectivity index (χ2v) is 9.87. The van der Waals surface area contributed by atoms with Crippen molar-refractivity contribution >= 4 is 29.3 Å². The molecule has 0 bridgehead atoms. The van der Waals surface area contributed by atoms with E-state index in [1.54, 1.807) is 25.7 Å². The molecule has 8 nitrogen and oxygen atoms in total. The molecule has 0 unspecified atom stereocenters. The molecule has 0 aromatic heterocycles. The largest absolute Gasteiger partial charge is 0.444 e. The summed E-state index contributed by atoms with van der Waals surface area (Å²) in [5.74, 6) is -0.893. The number of aliphatic hydroxyl groups is 2. The standard InChI is InChI=1S/C22H31ClFN3O5/c1-22(2,3)32-21(31)26-6-4-5-16(11-26)27-12-19(29)18(28)10-17(20(27)30)25-15-8-13(23)7-14(24)9-15/h7-9,16-19,25,28-29H,4-6,10-12H2,1-3H3/t16-,17-,18-,19-/m1/s1. The molecule has 178 valence electrons. The number of aliphatic hydroxyl groups excluding tert-OH is 2. The Bertz CT molecular complexity index is 829. The highest BCUT2D eigenvalue weighted by molar-refractivity contribution is 6.30. The van der Waals surface area contributed by atoms with E-state index in [-0.39, 0.29) is 36.5 Å². The number of amides is 2. The van der Waals surface area contributed by atoms with Gasteiger partial charge in [0.1, 0.15) is 17.5 Å². The Balaban J connectivity index is 1.78. The van der Waals surface area contributed by atoms with Crippen molar-refractivity contribution in [2.45, 2.75) is 69.9 Å². The Hall–Kier alpha value is -2.10. The first-order chi connectivity index (χ1) is 14.9. The van der Waals surface area contributed by atoms with Crippen molar-refractivity contribution in [3.8, 4) is 0 Å². The molecule has 4 atom stereocenters. The van der Waals surface area contributed by atoms with Gasteiger partial charge in [0.2, 0.25) is 5.91 Å². The van der Waals surface area contributed by atoms with E-state index in [9.17, 15) is 24.2 Å². The number of carbonyl (C=O) groups excluding carboxylic acids is 2. The number of anilines is 1. The lowest BCUT2D eigenvalue weighted by molar-refractivity contribution is -0.136. The van der Waals surface area contributed by atoms with Crippen molar-refractivity contribution in [1.82, 2.24) is 9.80 Å². The monoisotopic (exact) mass is 471 g/mol. The van der Waals surface area contributed by atoms with E-state index < -0.39 is 35.8 Å². The molecule has 32 heavy (non-hydrogen) atoms. The highest BCUT2D eigenvalue weighted by Gasteiger charge is 2.40. The third-order valence-electron chi connectivity index (χ3n) is 5.58. The van der Waals surface area contributed by atoms with Crippen molar-refractivity contribution in [1.29, 1.82) is 0 Å². The summed E-state index contributed by atoms with van der Waals surface area (Å²) in [5.41, 5.74) is -0.333. The van der Waals surface area contributed by atoms with E-state index in [0.29, 0.717) is 25.1 Å². The molecule has 0 radical (unpaired) electrons. The van der Waals surface area contributed by atoms with Gasteiger partial charge in [0.05, 0.1) is 12.2 Å². The van der Waals surface area contributed by atoms with E-state index in [2.05, 4.69) is 5.32 Å². The Morgan fingerprint density at radius 3 is 2.59 bits per heavy atom. The number of likely N-dealkylation sites (tertiary alicyclic amines) is 2. The van der Waals surface area contributed by atoms with Gasteiger partial charge in [-0.3, -0.25) is 4.79 Å². The molecule has 10 heteroatoms. The lowest BCUT2D eigenvalue weighted by Crippen LogP contribution is -2.55. The Labute approximate surface area is 192 Å². The molecule has 2 heterocycles. The number of nitrogens with zero attached hydrogens (tertiary/aromatic N) is 2. The maximum atomic E-state index is 13.7. The number of β-amino-alcohol motifs (C(OH)–C–C–N with tert-alkyl or cyclic N) is 1. The topological polar surface area (TPSA) is 102 Å². The van der Waals surface area contributed by atoms with Gasteiger partial charge in [0.25, 0.3) is 0 Å². The minimum atomic E-state index is -1.14. The molecular formula is C22H31ClFN3O5. The van der Waals surface area contributed by atoms with Gasteiger partial charge < -0.3 is 30.1 Å². The fourth-order valence-corrected chi connectivity index (χ4v) is 4.32. The molecule has 2 aliphatic heterocycles. The first kappa shape index (κ1) is 24.5. The molecule has 2 aliphatic rings. The molecule has 1 aromatic rings. The van der Waals surface area contributed by atoms with Crippen LogP contribution in [-0.2, 0) is 9.53 Å². The predicted molar refractivity (Wildman–Crippen MR) is 118 cm³/mol. The SMILES string of the molecule is CC(C)(C)OC(=O)N1CCC[C@@H](N2C[C@@H](O)[C@H](O)C[C@@H](Nc3cc(F)cc(Cl)c3)C2=O)C1. The highest BCUT2D eigenvalue weighted by Crippen LogP contribution is 2.26. The average Bonchev–Trinajstić information content (AvgIpc) is 2.78. The van der Waals surface area contributed by atoms with Gasteiger partial charge in [-0.2, -0.15) is 0 Å². The van der Waals surface area contributed by atoms with Crippen molar-refractivity contribution in [3.05, 3.63) is 29.0 Å². The van der Waals surface area contributed by atoms with Crippen molar-refractivity contribution in [3.63, 3.8) is 0 Å². The summed E-state index contributed by atoms with van der Waals surface area (Å²) in [4.78, 5) is 29.0. The molecule has 3 rings (SSSR count). The van der Waals surface area contributed by atoms with Crippen molar-refractivity contribution < 1.29 is 28.9 Å². The van der Waals surface area contributed by atoms with Crippen LogP contribution in [0.25, 0.3) is 0 Å². The van der Waals surface area contributed by atoms with Gasteiger partial charge in [-0.15, -0.1) is 0 Å². The van der Waals surface area contributed by atoms with Crippen LogP contribution in [0.5, 0.6) is 0 Å². The Morgan fingerprint density at radius 1 is 1.22 bits per heavy atom. The fourth-order valence-electron chi connectivity index (χ4n) is 4.10. The fraction of sp³-hybridized carbons (Fsp3) is 0.636. The maximum Gasteiger partial charge on any atom is 0.410 e. The zero-order valence-corrected chi connectivity index (χ0v) is 19.3. The zero-order chi connectivity index (χ0) is 23.6. The number of carbonyl (C=O) groups is 2. The minimum absolute atomic E-state index is 0.0485. The smallest absolute Gasteiger partial charge is 0.410 e. The van der Waals surface area contributed by atoms with Gasteiger partial charge in [-0.05, 0) is 51.8 Å². The third-order valence-corrected chi connectivity index (χ3v) is 5.80. The van der Waals surface area contributed by atoms with Gasteiger partial charge in [0, 0.05) is 42.8 Å². The van der Waals surface area contributed by atoms with Gasteiger partial charge in [-0.25, -0.2) is 9.18 Å². The molecule has 0 aliphatic carbocycles. The Kier molecular flexibility index (Phi) is 7.52. The van der Waals surface area contributed by atoms with Crippen LogP contribution in [0.3, 0.4) is 0 Å². The lowest BCUT2D eigenvalue weighted by Gasteiger charge is -2.40. The van der Waals surface area contributed by atoms with Crippen LogP contribution in [0.4, 0.5) is 14.9 Å². The maximum absolute atomic E-state index is 13.7. The van der Waals surface area contributed by atoms with E-state index in [0.717, 1.165) is 6.07 Å². The van der Waals surface area contributed by atoms with Gasteiger partial charge in [-0.1, -0.05) is 11.6 Å². The molecule has 2 fully saturated rings. The van der Waals surface area contributed by atoms with Crippen LogP contribution >= 0.6 is 11.6 Å². The van der Waals surface area contributed by atoms with Crippen LogP contribution in [0.1, 0.15) is 40.0 Å². The first-order valence-electron chi connectivity index (χ1n) is 10.8. The van der Waals surface area contributed by atoms with Crippen molar-refractivity contribution in [2.75, 3.05) is 25.0 Å². The number of nitrogens with one attached hydrogen (secondary N) is 1. The van der Waals surface area contributed by atoms with Crippen LogP contribution in [-0.4, -0.2) is 81.5 Å². The first-order valence-corrected chi connectivity index (χ1v) is 11.2. The molecule has 2 saturated heterocycles. The van der Waals surface area contributed by atoms with Crippen LogP contribution in [0.2, 0.25) is 5.02 Å². The van der Waals surface area contributed by atoms with Crippen molar-refractivity contribution in [2.24, 2.45) is 0 Å². The number of hydrogen-bond acceptors (Lipinski definition) is 6. The minimum Gasteiger partial charge on any atom is -0.444 e. The number of rotatable bonds is 3. The van der Waals surface area contributed by atoms with Gasteiger partial charge in [0.15, 0.2) is 0 Å². The number of hydrogen-bond donors (Lipinski definition) is 3. The molecule has 1 aromatic carbocycles. The molecule has 2 amide bonds. The summed E-state index contributed by atoms with van der Waals surface area (Å²) in [6.45, 7) is 6.09. The van der Waals surface area contributed by atoms with Crippen LogP contribution in [0, 0.1) is 5.82 Å². The van der Waals surface area contributed by atoms with E-state index in [4.69, 9.17) is 16.3 Å². The number of benzene rings is 1. The van der Waals surface area contributed by atoms with E-state index >= 15 is 0 Å². The van der Waals surface area contributed by atoms with Crippen LogP contribution < -0.4 is 5.32 Å². The molecule has 0 spiro atoms. The van der Waals surface area contributed by atoms with Gasteiger partial charge >= 0.3 is 6.09 Å². The summed E-state index contributed by atoms with van der Waals surface area (Å²) < 4.78 is 19.2. The van der Waals surface area contributed by atoms with Crippen LogP contribution in [0.15, 0.2) is 18.2 Å². The quantitative estimate of drug-likeness (QED) is 0.626. The third kappa shape index (κ3) is 6.24. The molecule has 0 saturated carbocycles. The lowest BCUT2D eigenvalue weighted by atomic mass is 10.0. The summed E-state index contributed by atoms with van der Waals surface area (Å²) in [6, 6.07) is 2.61. The van der Waals surface area contributed by atoms with E-state index in [1.807, 2.05) is 0 Å². The second-order valence-electron chi connectivity index (χ2n) is 9.44. The predicted octanol–water partition coefficient (Wildman–Crippen LogP) is 2.61. The molecular weight excluding hydrogens is 441 g/mol. The Morgan fingerprint density at radius 2 is 1.94 bits per heavy atom. The summed E-state index contributed by atoms with van der Waals surface area (Å²) in [7, 11) is 0. The summed E-state index contributed by atoms with van der Waals surface area (Å²) in [6.07, 6.45) is -1.47.